The number of nitrogens with one attached hydrogen (secondary N) is 1. The number of thioether (sulfide) groups is 2. The molecule has 0 atom stereocenters. The van der Waals surface area contributed by atoms with Gasteiger partial charge in [0.2, 0.25) is 5.91 Å². The standard InChI is InChI=1S/C17H18ClNO2S2/c1-21-14-4-8-16(9-5-14)23-12-17(20)19-10-11-22-15-6-2-13(18)3-7-15/h2-9H,10-12H2,1H3,(H,19,20). The molecule has 0 heterocycles. The Morgan fingerprint density at radius 1 is 1.04 bits per heavy atom. The molecule has 0 aliphatic carbocycles. The molecule has 2 aromatic rings. The molecule has 1 amide bonds. The van der Waals surface area contributed by atoms with E-state index in [1.54, 1.807) is 18.9 Å². The lowest BCUT2D eigenvalue weighted by atomic mass is 10.3. The summed E-state index contributed by atoms with van der Waals surface area (Å²) < 4.78 is 5.11. The fraction of sp³-hybridized carbons (Fsp3) is 0.235. The minimum atomic E-state index is 0.0440. The minimum Gasteiger partial charge on any atom is -0.497 e. The summed E-state index contributed by atoms with van der Waals surface area (Å²) in [5.74, 6) is 2.11. The number of rotatable bonds is 8. The lowest BCUT2D eigenvalue weighted by molar-refractivity contribution is -0.118. The third kappa shape index (κ3) is 6.77. The van der Waals surface area contributed by atoms with Crippen LogP contribution in [-0.2, 0) is 4.79 Å². The highest BCUT2D eigenvalue weighted by Gasteiger charge is 2.03. The first-order valence-corrected chi connectivity index (χ1v) is 9.44. The number of carbonyl (C=O) groups excluding carboxylic acids is 1. The molecule has 122 valence electrons. The van der Waals surface area contributed by atoms with Gasteiger partial charge in [-0.25, -0.2) is 0 Å². The van der Waals surface area contributed by atoms with Gasteiger partial charge >= 0.3 is 0 Å². The molecule has 3 nitrogen and oxygen atoms in total. The molecule has 23 heavy (non-hydrogen) atoms. The second-order valence-corrected chi connectivity index (χ2v) is 7.27. The smallest absolute Gasteiger partial charge is 0.230 e. The maximum absolute atomic E-state index is 11.8. The van der Waals surface area contributed by atoms with Crippen LogP contribution in [0.2, 0.25) is 5.02 Å². The van der Waals surface area contributed by atoms with Crippen LogP contribution in [0.25, 0.3) is 0 Å². The predicted octanol–water partition coefficient (Wildman–Crippen LogP) is 4.35. The zero-order valence-electron chi connectivity index (χ0n) is 12.8. The first-order chi connectivity index (χ1) is 11.2. The van der Waals surface area contributed by atoms with Crippen molar-refractivity contribution in [2.75, 3.05) is 25.2 Å². The summed E-state index contributed by atoms with van der Waals surface area (Å²) in [4.78, 5) is 14.0. The number of hydrogen-bond donors (Lipinski definition) is 1. The predicted molar refractivity (Wildman–Crippen MR) is 98.9 cm³/mol. The number of benzene rings is 2. The normalized spacial score (nSPS) is 10.3. The van der Waals surface area contributed by atoms with Crippen LogP contribution in [0.4, 0.5) is 0 Å². The second kappa shape index (κ2) is 9.75. The monoisotopic (exact) mass is 367 g/mol. The van der Waals surface area contributed by atoms with Crippen molar-refractivity contribution in [1.82, 2.24) is 5.32 Å². The van der Waals surface area contributed by atoms with Crippen LogP contribution in [0.3, 0.4) is 0 Å². The first-order valence-electron chi connectivity index (χ1n) is 7.09. The Morgan fingerprint density at radius 2 is 1.65 bits per heavy atom. The maximum atomic E-state index is 11.8. The average molecular weight is 368 g/mol. The van der Waals surface area contributed by atoms with E-state index in [4.69, 9.17) is 16.3 Å². The largest absolute Gasteiger partial charge is 0.497 e. The molecule has 0 aliphatic heterocycles. The van der Waals surface area contributed by atoms with Crippen molar-refractivity contribution in [2.45, 2.75) is 9.79 Å². The Morgan fingerprint density at radius 3 is 2.30 bits per heavy atom. The van der Waals surface area contributed by atoms with Gasteiger partial charge in [-0.05, 0) is 48.5 Å². The van der Waals surface area contributed by atoms with Crippen LogP contribution in [0.5, 0.6) is 5.75 Å². The van der Waals surface area contributed by atoms with Crippen molar-refractivity contribution < 1.29 is 9.53 Å². The fourth-order valence-electron chi connectivity index (χ4n) is 1.76. The van der Waals surface area contributed by atoms with Gasteiger partial charge in [-0.15, -0.1) is 23.5 Å². The molecule has 0 aliphatic rings. The molecule has 1 N–H and O–H groups in total. The Labute approximate surface area is 150 Å². The van der Waals surface area contributed by atoms with E-state index < -0.39 is 0 Å². The van der Waals surface area contributed by atoms with Gasteiger partial charge in [0, 0.05) is 27.1 Å². The molecule has 0 spiro atoms. The molecular formula is C17H18ClNO2S2. The van der Waals surface area contributed by atoms with Crippen molar-refractivity contribution in [2.24, 2.45) is 0 Å². The van der Waals surface area contributed by atoms with Gasteiger partial charge in [0.1, 0.15) is 5.75 Å². The van der Waals surface area contributed by atoms with Crippen molar-refractivity contribution >= 4 is 41.0 Å². The van der Waals surface area contributed by atoms with E-state index in [0.717, 1.165) is 26.3 Å². The van der Waals surface area contributed by atoms with Gasteiger partial charge in [0.25, 0.3) is 0 Å². The van der Waals surface area contributed by atoms with Crippen LogP contribution >= 0.6 is 35.1 Å². The molecule has 2 aromatic carbocycles. The molecule has 0 saturated carbocycles. The molecule has 0 aromatic heterocycles. The maximum Gasteiger partial charge on any atom is 0.230 e. The highest BCUT2D eigenvalue weighted by Crippen LogP contribution is 2.21. The average Bonchev–Trinajstić information content (AvgIpc) is 2.59. The van der Waals surface area contributed by atoms with Gasteiger partial charge in [-0.3, -0.25) is 4.79 Å². The van der Waals surface area contributed by atoms with E-state index in [0.29, 0.717) is 12.3 Å². The third-order valence-corrected chi connectivity index (χ3v) is 5.21. The van der Waals surface area contributed by atoms with E-state index in [-0.39, 0.29) is 5.91 Å². The van der Waals surface area contributed by atoms with Crippen molar-refractivity contribution in [3.05, 3.63) is 53.6 Å². The molecule has 0 unspecified atom stereocenters. The number of carbonyl (C=O) groups is 1. The number of halogens is 1. The second-order valence-electron chi connectivity index (χ2n) is 4.62. The highest BCUT2D eigenvalue weighted by atomic mass is 35.5. The van der Waals surface area contributed by atoms with Crippen LogP contribution in [0.1, 0.15) is 0 Å². The SMILES string of the molecule is COc1ccc(SCC(=O)NCCSc2ccc(Cl)cc2)cc1. The van der Waals surface area contributed by atoms with Gasteiger partial charge < -0.3 is 10.1 Å². The zero-order valence-corrected chi connectivity index (χ0v) is 15.1. The number of ether oxygens (including phenoxy) is 1. The molecule has 2 rings (SSSR count). The van der Waals surface area contributed by atoms with E-state index in [2.05, 4.69) is 5.32 Å². The molecule has 0 saturated heterocycles. The van der Waals surface area contributed by atoms with Crippen LogP contribution in [0, 0.1) is 0 Å². The molecular weight excluding hydrogens is 350 g/mol. The molecule has 0 radical (unpaired) electrons. The Kier molecular flexibility index (Phi) is 7.65. The van der Waals surface area contributed by atoms with Crippen molar-refractivity contribution in [1.29, 1.82) is 0 Å². The Bertz CT molecular complexity index is 617. The lowest BCUT2D eigenvalue weighted by Gasteiger charge is -2.06. The Hall–Kier alpha value is -1.30. The number of amides is 1. The van der Waals surface area contributed by atoms with Gasteiger partial charge in [0.15, 0.2) is 0 Å². The molecule has 0 fully saturated rings. The van der Waals surface area contributed by atoms with Gasteiger partial charge in [-0.2, -0.15) is 0 Å². The van der Waals surface area contributed by atoms with E-state index >= 15 is 0 Å². The van der Waals surface area contributed by atoms with Crippen LogP contribution in [-0.4, -0.2) is 31.1 Å². The van der Waals surface area contributed by atoms with Crippen molar-refractivity contribution in [3.8, 4) is 5.75 Å². The Balaban J connectivity index is 1.62. The van der Waals surface area contributed by atoms with Crippen molar-refractivity contribution in [3.63, 3.8) is 0 Å². The van der Waals surface area contributed by atoms with Gasteiger partial charge in [0.05, 0.1) is 12.9 Å². The summed E-state index contributed by atoms with van der Waals surface area (Å²) in [6.07, 6.45) is 0. The molecule has 0 bridgehead atoms. The van der Waals surface area contributed by atoms with Gasteiger partial charge in [-0.1, -0.05) is 11.6 Å². The summed E-state index contributed by atoms with van der Waals surface area (Å²) in [6.45, 7) is 0.648. The molecule has 6 heteroatoms. The lowest BCUT2D eigenvalue weighted by Crippen LogP contribution is -2.27. The van der Waals surface area contributed by atoms with E-state index in [9.17, 15) is 4.79 Å². The summed E-state index contributed by atoms with van der Waals surface area (Å²) in [7, 11) is 1.64. The first kappa shape index (κ1) is 18.0. The number of methoxy groups -OCH3 is 1. The number of hydrogen-bond acceptors (Lipinski definition) is 4. The third-order valence-electron chi connectivity index (χ3n) is 2.94. The summed E-state index contributed by atoms with van der Waals surface area (Å²) in [5, 5.41) is 3.66. The fourth-order valence-corrected chi connectivity index (χ4v) is 3.38. The zero-order chi connectivity index (χ0) is 16.5. The van der Waals surface area contributed by atoms with E-state index in [1.807, 2.05) is 48.5 Å². The van der Waals surface area contributed by atoms with E-state index in [1.165, 1.54) is 11.8 Å². The van der Waals surface area contributed by atoms with Crippen LogP contribution < -0.4 is 10.1 Å². The quantitative estimate of drug-likeness (QED) is 0.556. The topological polar surface area (TPSA) is 38.3 Å². The summed E-state index contributed by atoms with van der Waals surface area (Å²) >= 11 is 9.05. The highest BCUT2D eigenvalue weighted by molar-refractivity contribution is 8.00. The summed E-state index contributed by atoms with van der Waals surface area (Å²) in [6, 6.07) is 15.4. The van der Waals surface area contributed by atoms with Crippen LogP contribution in [0.15, 0.2) is 58.3 Å². The minimum absolute atomic E-state index is 0.0440. The summed E-state index contributed by atoms with van der Waals surface area (Å²) in [5.41, 5.74) is 0.